The van der Waals surface area contributed by atoms with Crippen LogP contribution < -0.4 is 11.2 Å². The van der Waals surface area contributed by atoms with Gasteiger partial charge in [0.15, 0.2) is 11.2 Å². The van der Waals surface area contributed by atoms with E-state index in [1.165, 1.54) is 11.5 Å². The summed E-state index contributed by atoms with van der Waals surface area (Å²) >= 11 is 0. The molecule has 0 bridgehead atoms. The predicted molar refractivity (Wildman–Crippen MR) is 91.6 cm³/mol. The van der Waals surface area contributed by atoms with E-state index in [9.17, 15) is 14.4 Å². The zero-order valence-corrected chi connectivity index (χ0v) is 14.9. The van der Waals surface area contributed by atoms with Crippen LogP contribution in [0.3, 0.4) is 0 Å². The molecule has 0 aromatic carbocycles. The summed E-state index contributed by atoms with van der Waals surface area (Å²) in [5, 5.41) is 0. The number of carbonyl (C=O) groups is 1. The Balaban J connectivity index is 2.09. The van der Waals surface area contributed by atoms with Gasteiger partial charge in [0.05, 0.1) is 25.3 Å². The minimum Gasteiger partial charge on any atom is -0.373 e. The molecular weight excluding hydrogens is 326 g/mol. The molecule has 0 spiro atoms. The Labute approximate surface area is 144 Å². The summed E-state index contributed by atoms with van der Waals surface area (Å²) in [5.41, 5.74) is -0.507. The Morgan fingerprint density at radius 1 is 1.28 bits per heavy atom. The topological polar surface area (TPSA) is 102 Å². The number of hydrogen-bond acceptors (Lipinski definition) is 6. The molecule has 0 unspecified atom stereocenters. The molecule has 0 saturated carbocycles. The molecule has 2 aromatic heterocycles. The summed E-state index contributed by atoms with van der Waals surface area (Å²) in [4.78, 5) is 44.8. The van der Waals surface area contributed by atoms with Crippen molar-refractivity contribution in [3.8, 4) is 0 Å². The summed E-state index contributed by atoms with van der Waals surface area (Å²) in [7, 11) is 1.55. The molecule has 9 heteroatoms. The van der Waals surface area contributed by atoms with Gasteiger partial charge in [-0.05, 0) is 20.8 Å². The van der Waals surface area contributed by atoms with Crippen LogP contribution in [-0.2, 0) is 29.7 Å². The highest BCUT2D eigenvalue weighted by Gasteiger charge is 2.25. The van der Waals surface area contributed by atoms with E-state index in [0.29, 0.717) is 18.0 Å². The van der Waals surface area contributed by atoms with E-state index in [0.717, 1.165) is 13.1 Å². The monoisotopic (exact) mass is 349 g/mol. The van der Waals surface area contributed by atoms with Gasteiger partial charge in [0.2, 0.25) is 0 Å². The summed E-state index contributed by atoms with van der Waals surface area (Å²) in [6, 6.07) is 0. The van der Waals surface area contributed by atoms with Crippen molar-refractivity contribution in [1.29, 1.82) is 0 Å². The van der Waals surface area contributed by atoms with Gasteiger partial charge in [-0.3, -0.25) is 24.0 Å². The van der Waals surface area contributed by atoms with Crippen LogP contribution in [-0.4, -0.2) is 55.1 Å². The lowest BCUT2D eigenvalue weighted by Gasteiger charge is -2.35. The average Bonchev–Trinajstić information content (AvgIpc) is 2.82. The van der Waals surface area contributed by atoms with Crippen molar-refractivity contribution in [1.82, 2.24) is 24.0 Å². The van der Waals surface area contributed by atoms with Gasteiger partial charge in [0.25, 0.3) is 5.56 Å². The van der Waals surface area contributed by atoms with Crippen molar-refractivity contribution in [2.24, 2.45) is 7.05 Å². The molecule has 2 atom stereocenters. The van der Waals surface area contributed by atoms with Gasteiger partial charge < -0.3 is 9.30 Å². The Morgan fingerprint density at radius 3 is 2.52 bits per heavy atom. The fourth-order valence-electron chi connectivity index (χ4n) is 3.41. The minimum absolute atomic E-state index is 0.0442. The van der Waals surface area contributed by atoms with Crippen LogP contribution in [0.25, 0.3) is 11.2 Å². The number of imidazole rings is 1. The lowest BCUT2D eigenvalue weighted by atomic mass is 10.2. The van der Waals surface area contributed by atoms with Crippen molar-refractivity contribution < 1.29 is 9.53 Å². The number of carbonyl (C=O) groups excluding carboxylic acids is 1. The molecule has 1 N–H and O–H groups in total. The van der Waals surface area contributed by atoms with E-state index in [1.54, 1.807) is 11.6 Å². The molecule has 1 saturated heterocycles. The van der Waals surface area contributed by atoms with Gasteiger partial charge in [-0.2, -0.15) is 0 Å². The van der Waals surface area contributed by atoms with Crippen LogP contribution in [0.2, 0.25) is 0 Å². The second-order valence-corrected chi connectivity index (χ2v) is 6.76. The van der Waals surface area contributed by atoms with Crippen molar-refractivity contribution in [3.05, 3.63) is 26.7 Å². The number of ether oxygens (including phenoxy) is 1. The van der Waals surface area contributed by atoms with Crippen LogP contribution in [0, 0.1) is 0 Å². The lowest BCUT2D eigenvalue weighted by molar-refractivity contribution is -0.117. The van der Waals surface area contributed by atoms with E-state index < -0.39 is 11.2 Å². The maximum absolute atomic E-state index is 12.3. The number of morpholine rings is 1. The second-order valence-electron chi connectivity index (χ2n) is 6.76. The molecule has 9 nitrogen and oxygen atoms in total. The third-order valence-electron chi connectivity index (χ3n) is 4.33. The fraction of sp³-hybridized carbons (Fsp3) is 0.625. The number of aryl methyl sites for hydroxylation is 1. The second kappa shape index (κ2) is 6.57. The number of ketones is 1. The largest absolute Gasteiger partial charge is 0.373 e. The molecule has 3 rings (SSSR count). The zero-order valence-electron chi connectivity index (χ0n) is 14.9. The summed E-state index contributed by atoms with van der Waals surface area (Å²) in [5.74, 6) is 0.510. The van der Waals surface area contributed by atoms with Crippen molar-refractivity contribution in [3.63, 3.8) is 0 Å². The van der Waals surface area contributed by atoms with Crippen LogP contribution >= 0.6 is 0 Å². The molecule has 1 fully saturated rings. The molecular formula is C16H23N5O4. The van der Waals surface area contributed by atoms with Crippen molar-refractivity contribution in [2.75, 3.05) is 13.1 Å². The Kier molecular flexibility index (Phi) is 4.61. The normalized spacial score (nSPS) is 21.8. The number of aromatic nitrogens is 4. The third-order valence-corrected chi connectivity index (χ3v) is 4.33. The van der Waals surface area contributed by atoms with Crippen molar-refractivity contribution >= 4 is 16.9 Å². The van der Waals surface area contributed by atoms with Crippen LogP contribution in [0.15, 0.2) is 9.59 Å². The molecule has 25 heavy (non-hydrogen) atoms. The van der Waals surface area contributed by atoms with E-state index in [1.807, 2.05) is 13.8 Å². The first-order chi connectivity index (χ1) is 11.8. The number of fused-ring (bicyclic) bond motifs is 1. The molecule has 0 amide bonds. The zero-order chi connectivity index (χ0) is 18.3. The van der Waals surface area contributed by atoms with Gasteiger partial charge in [0.1, 0.15) is 11.6 Å². The highest BCUT2D eigenvalue weighted by molar-refractivity contribution is 5.79. The standard InChI is InChI=1S/C16H23N5O4/c1-9(22)5-21-12(8-20-6-10(2)25-11(3)7-20)17-14-13(21)15(23)18-16(24)19(14)4/h10-11H,5-8H2,1-4H3,(H,18,23,24)/t10-,11+. The molecule has 136 valence electrons. The van der Waals surface area contributed by atoms with Gasteiger partial charge >= 0.3 is 5.69 Å². The van der Waals surface area contributed by atoms with Gasteiger partial charge in [0, 0.05) is 20.1 Å². The summed E-state index contributed by atoms with van der Waals surface area (Å²) in [6.45, 7) is 7.48. The number of H-pyrrole nitrogens is 1. The Hall–Kier alpha value is -2.26. The molecule has 1 aliphatic rings. The molecule has 3 heterocycles. The number of nitrogens with zero attached hydrogens (tertiary/aromatic N) is 4. The minimum atomic E-state index is -0.526. The van der Waals surface area contributed by atoms with Gasteiger partial charge in [-0.1, -0.05) is 0 Å². The first kappa shape index (κ1) is 17.6. The summed E-state index contributed by atoms with van der Waals surface area (Å²) in [6.07, 6.45) is 0.198. The number of rotatable bonds is 4. The first-order valence-corrected chi connectivity index (χ1v) is 8.32. The highest BCUT2D eigenvalue weighted by Crippen LogP contribution is 2.17. The SMILES string of the molecule is CC(=O)Cn1c(CN2C[C@@H](C)O[C@@H](C)C2)nc2c1c(=O)[nH]c(=O)n2C. The van der Waals surface area contributed by atoms with Crippen molar-refractivity contribution in [2.45, 2.75) is 46.1 Å². The number of hydrogen-bond donors (Lipinski definition) is 1. The Bertz CT molecular complexity index is 915. The Morgan fingerprint density at radius 2 is 1.92 bits per heavy atom. The smallest absolute Gasteiger partial charge is 0.329 e. The first-order valence-electron chi connectivity index (χ1n) is 8.32. The highest BCUT2D eigenvalue weighted by atomic mass is 16.5. The number of aromatic amines is 1. The number of Topliss-reactive ketones (excluding diaryl/α,β-unsaturated/α-hetero) is 1. The average molecular weight is 349 g/mol. The fourth-order valence-corrected chi connectivity index (χ4v) is 3.41. The molecule has 2 aromatic rings. The van der Waals surface area contributed by atoms with E-state index in [4.69, 9.17) is 4.74 Å². The third kappa shape index (κ3) is 3.42. The van der Waals surface area contributed by atoms with Gasteiger partial charge in [-0.25, -0.2) is 9.78 Å². The quantitative estimate of drug-likeness (QED) is 0.807. The molecule has 1 aliphatic heterocycles. The molecule has 0 radical (unpaired) electrons. The predicted octanol–water partition coefficient (Wildman–Crippen LogP) is -0.378. The van der Waals surface area contributed by atoms with E-state index in [2.05, 4.69) is 14.9 Å². The van der Waals surface area contributed by atoms with E-state index >= 15 is 0 Å². The van der Waals surface area contributed by atoms with E-state index in [-0.39, 0.29) is 30.1 Å². The maximum atomic E-state index is 12.3. The molecule has 0 aliphatic carbocycles. The van der Waals surface area contributed by atoms with Crippen LogP contribution in [0.4, 0.5) is 0 Å². The lowest BCUT2D eigenvalue weighted by Crippen LogP contribution is -2.45. The van der Waals surface area contributed by atoms with Crippen LogP contribution in [0.5, 0.6) is 0 Å². The summed E-state index contributed by atoms with van der Waals surface area (Å²) < 4.78 is 8.64. The number of nitrogens with one attached hydrogen (secondary N) is 1. The van der Waals surface area contributed by atoms with Gasteiger partial charge in [-0.15, -0.1) is 0 Å². The van der Waals surface area contributed by atoms with Crippen LogP contribution in [0.1, 0.15) is 26.6 Å². The maximum Gasteiger partial charge on any atom is 0.329 e.